The topological polar surface area (TPSA) is 54.9 Å². The molecule has 150 valence electrons. The van der Waals surface area contributed by atoms with Gasteiger partial charge >= 0.3 is 0 Å². The van der Waals surface area contributed by atoms with Crippen molar-refractivity contribution in [2.75, 3.05) is 32.8 Å². The maximum absolute atomic E-state index is 12.8. The number of carbonyl (C=O) groups is 1. The first-order chi connectivity index (χ1) is 13.7. The average Bonchev–Trinajstić information content (AvgIpc) is 3.19. The normalized spacial score (nSPS) is 19.6. The molecule has 0 bridgehead atoms. The Morgan fingerprint density at radius 3 is 2.79 bits per heavy atom. The highest BCUT2D eigenvalue weighted by Crippen LogP contribution is 2.31. The van der Waals surface area contributed by atoms with E-state index in [2.05, 4.69) is 17.2 Å². The zero-order valence-electron chi connectivity index (χ0n) is 16.3. The van der Waals surface area contributed by atoms with Crippen molar-refractivity contribution in [3.8, 4) is 11.5 Å². The van der Waals surface area contributed by atoms with Gasteiger partial charge < -0.3 is 14.4 Å². The Morgan fingerprint density at radius 1 is 1.21 bits per heavy atom. The number of thiazole rings is 1. The van der Waals surface area contributed by atoms with Crippen LogP contribution in [0, 0.1) is 0 Å². The van der Waals surface area contributed by atoms with Gasteiger partial charge in [-0.3, -0.25) is 9.69 Å². The molecule has 1 aromatic carbocycles. The number of fused-ring (bicyclic) bond motifs is 1. The number of carbonyl (C=O) groups excluding carboxylic acids is 1. The van der Waals surface area contributed by atoms with Gasteiger partial charge in [0.05, 0.1) is 10.7 Å². The van der Waals surface area contributed by atoms with Crippen LogP contribution in [0.1, 0.15) is 30.5 Å². The van der Waals surface area contributed by atoms with Gasteiger partial charge in [-0.1, -0.05) is 25.5 Å². The zero-order valence-corrected chi connectivity index (χ0v) is 17.1. The van der Waals surface area contributed by atoms with Gasteiger partial charge in [-0.15, -0.1) is 11.3 Å². The standard InChI is InChI=1S/C21H27N3O3S/c1-2-3-8-20-22-16(15-28-20)13-23-9-11-24(12-10-23)21(25)19-14-26-17-6-4-5-7-18(17)27-19/h4-7,15,19H,2-3,8-14H2,1H3/t19-/m0/s1. The van der Waals surface area contributed by atoms with Gasteiger partial charge in [0.25, 0.3) is 5.91 Å². The van der Waals surface area contributed by atoms with Crippen LogP contribution >= 0.6 is 11.3 Å². The van der Waals surface area contributed by atoms with Crippen LogP contribution in [-0.2, 0) is 17.8 Å². The lowest BCUT2D eigenvalue weighted by atomic mass is 10.2. The lowest BCUT2D eigenvalue weighted by Crippen LogP contribution is -2.53. The average molecular weight is 402 g/mol. The Morgan fingerprint density at radius 2 is 2.00 bits per heavy atom. The predicted molar refractivity (Wildman–Crippen MR) is 109 cm³/mol. The first-order valence-electron chi connectivity index (χ1n) is 10.1. The van der Waals surface area contributed by atoms with Crippen LogP contribution < -0.4 is 9.47 Å². The molecule has 1 saturated heterocycles. The van der Waals surface area contributed by atoms with Crippen molar-refractivity contribution in [3.63, 3.8) is 0 Å². The Labute approximate surface area is 170 Å². The SMILES string of the molecule is CCCCc1nc(CN2CCN(C(=O)[C@@H]3COc4ccccc4O3)CC2)cs1. The van der Waals surface area contributed by atoms with E-state index in [1.807, 2.05) is 29.2 Å². The number of rotatable bonds is 6. The van der Waals surface area contributed by atoms with Gasteiger partial charge in [-0.2, -0.15) is 0 Å². The van der Waals surface area contributed by atoms with E-state index in [9.17, 15) is 4.79 Å². The molecule has 0 saturated carbocycles. The highest BCUT2D eigenvalue weighted by molar-refractivity contribution is 7.09. The first kappa shape index (κ1) is 19.2. The van der Waals surface area contributed by atoms with Crippen LogP contribution in [0.5, 0.6) is 11.5 Å². The molecule has 0 spiro atoms. The fourth-order valence-corrected chi connectivity index (χ4v) is 4.40. The summed E-state index contributed by atoms with van der Waals surface area (Å²) in [7, 11) is 0. The van der Waals surface area contributed by atoms with E-state index in [0.29, 0.717) is 24.6 Å². The molecule has 1 amide bonds. The molecule has 0 N–H and O–H groups in total. The quantitative estimate of drug-likeness (QED) is 0.745. The van der Waals surface area contributed by atoms with Crippen molar-refractivity contribution in [2.45, 2.75) is 38.8 Å². The van der Waals surface area contributed by atoms with E-state index < -0.39 is 6.10 Å². The Kier molecular flexibility index (Phi) is 6.12. The molecule has 2 aromatic rings. The highest BCUT2D eigenvalue weighted by atomic mass is 32.1. The van der Waals surface area contributed by atoms with Crippen LogP contribution in [0.4, 0.5) is 0 Å². The predicted octanol–water partition coefficient (Wildman–Crippen LogP) is 2.97. The minimum atomic E-state index is -0.555. The molecular formula is C21H27N3O3S. The molecule has 7 heteroatoms. The molecule has 0 radical (unpaired) electrons. The largest absolute Gasteiger partial charge is 0.485 e. The maximum atomic E-state index is 12.8. The number of benzene rings is 1. The minimum absolute atomic E-state index is 0.0182. The second-order valence-electron chi connectivity index (χ2n) is 7.30. The molecule has 2 aliphatic heterocycles. The fourth-order valence-electron chi connectivity index (χ4n) is 3.56. The summed E-state index contributed by atoms with van der Waals surface area (Å²) in [6.45, 7) is 6.49. The van der Waals surface area contributed by atoms with E-state index in [1.54, 1.807) is 11.3 Å². The summed E-state index contributed by atoms with van der Waals surface area (Å²) in [5.74, 6) is 1.37. The van der Waals surface area contributed by atoms with E-state index >= 15 is 0 Å². The van der Waals surface area contributed by atoms with Gasteiger partial charge in [0, 0.05) is 38.1 Å². The molecule has 1 atom stereocenters. The fraction of sp³-hybridized carbons (Fsp3) is 0.524. The third-order valence-electron chi connectivity index (χ3n) is 5.20. The highest BCUT2D eigenvalue weighted by Gasteiger charge is 2.32. The van der Waals surface area contributed by atoms with Crippen molar-refractivity contribution in [1.29, 1.82) is 0 Å². The second kappa shape index (κ2) is 8.92. The van der Waals surface area contributed by atoms with Crippen LogP contribution in [-0.4, -0.2) is 59.6 Å². The number of hydrogen-bond donors (Lipinski definition) is 0. The summed E-state index contributed by atoms with van der Waals surface area (Å²) < 4.78 is 11.6. The number of amides is 1. The number of hydrogen-bond acceptors (Lipinski definition) is 6. The summed E-state index contributed by atoms with van der Waals surface area (Å²) in [6.07, 6.45) is 2.93. The second-order valence-corrected chi connectivity index (χ2v) is 8.24. The van der Waals surface area contributed by atoms with Crippen molar-refractivity contribution >= 4 is 17.2 Å². The summed E-state index contributed by atoms with van der Waals surface area (Å²) in [4.78, 5) is 21.8. The van der Waals surface area contributed by atoms with Crippen LogP contribution in [0.2, 0.25) is 0 Å². The van der Waals surface area contributed by atoms with Gasteiger partial charge in [0.15, 0.2) is 11.5 Å². The lowest BCUT2D eigenvalue weighted by molar-refractivity contribution is -0.143. The molecule has 3 heterocycles. The Hall–Kier alpha value is -2.12. The Bertz CT molecular complexity index is 802. The van der Waals surface area contributed by atoms with Crippen molar-refractivity contribution in [1.82, 2.24) is 14.8 Å². The molecule has 0 aliphatic carbocycles. The smallest absolute Gasteiger partial charge is 0.267 e. The first-order valence-corrected chi connectivity index (χ1v) is 10.9. The number of ether oxygens (including phenoxy) is 2. The summed E-state index contributed by atoms with van der Waals surface area (Å²) in [5.41, 5.74) is 1.15. The van der Waals surface area contributed by atoms with Crippen LogP contribution in [0.25, 0.3) is 0 Å². The molecular weight excluding hydrogens is 374 g/mol. The number of nitrogens with zero attached hydrogens (tertiary/aromatic N) is 3. The zero-order chi connectivity index (χ0) is 19.3. The number of aryl methyl sites for hydroxylation is 1. The lowest BCUT2D eigenvalue weighted by Gasteiger charge is -2.36. The third-order valence-corrected chi connectivity index (χ3v) is 6.15. The third kappa shape index (κ3) is 4.47. The van der Waals surface area contributed by atoms with Gasteiger partial charge in [-0.05, 0) is 25.0 Å². The van der Waals surface area contributed by atoms with E-state index in [-0.39, 0.29) is 12.5 Å². The van der Waals surface area contributed by atoms with E-state index in [0.717, 1.165) is 31.7 Å². The Balaban J connectivity index is 1.26. The number of aromatic nitrogens is 1. The van der Waals surface area contributed by atoms with Crippen LogP contribution in [0.3, 0.4) is 0 Å². The van der Waals surface area contributed by atoms with Crippen LogP contribution in [0.15, 0.2) is 29.6 Å². The molecule has 2 aliphatic rings. The summed E-state index contributed by atoms with van der Waals surface area (Å²) in [5, 5.41) is 3.41. The molecule has 1 aromatic heterocycles. The van der Waals surface area contributed by atoms with Gasteiger partial charge in [0.2, 0.25) is 6.10 Å². The number of para-hydroxylation sites is 2. The molecule has 6 nitrogen and oxygen atoms in total. The number of unbranched alkanes of at least 4 members (excludes halogenated alkanes) is 1. The van der Waals surface area contributed by atoms with Gasteiger partial charge in [-0.25, -0.2) is 4.98 Å². The molecule has 1 fully saturated rings. The van der Waals surface area contributed by atoms with Gasteiger partial charge in [0.1, 0.15) is 6.61 Å². The summed E-state index contributed by atoms with van der Waals surface area (Å²) in [6, 6.07) is 7.49. The van der Waals surface area contributed by atoms with Crippen molar-refractivity contribution in [3.05, 3.63) is 40.3 Å². The summed E-state index contributed by atoms with van der Waals surface area (Å²) >= 11 is 1.76. The maximum Gasteiger partial charge on any atom is 0.267 e. The monoisotopic (exact) mass is 401 g/mol. The molecule has 4 rings (SSSR count). The molecule has 0 unspecified atom stereocenters. The minimum Gasteiger partial charge on any atom is -0.485 e. The van der Waals surface area contributed by atoms with Crippen molar-refractivity contribution < 1.29 is 14.3 Å². The molecule has 28 heavy (non-hydrogen) atoms. The van der Waals surface area contributed by atoms with Crippen molar-refractivity contribution in [2.24, 2.45) is 0 Å². The van der Waals surface area contributed by atoms with E-state index in [4.69, 9.17) is 14.5 Å². The van der Waals surface area contributed by atoms with E-state index in [1.165, 1.54) is 17.8 Å². The number of piperazine rings is 1.